The van der Waals surface area contributed by atoms with E-state index in [1.807, 2.05) is 27.7 Å². The fourth-order valence-electron chi connectivity index (χ4n) is 17.7. The quantitative estimate of drug-likeness (QED) is 0.0137. The van der Waals surface area contributed by atoms with Gasteiger partial charge in [0.05, 0.1) is 85.2 Å². The largest absolute Gasteiger partial charge is 1.00 e. The van der Waals surface area contributed by atoms with Gasteiger partial charge in [0.1, 0.15) is 62.2 Å². The monoisotopic (exact) mass is 1740 g/mol. The summed E-state index contributed by atoms with van der Waals surface area (Å²) in [6, 6.07) is 34.3. The Morgan fingerprint density at radius 2 is 0.867 bits per heavy atom. The van der Waals surface area contributed by atoms with Gasteiger partial charge in [0.25, 0.3) is 20.2 Å². The minimum Gasteiger partial charge on any atom is -0.496 e. The van der Waals surface area contributed by atoms with Crippen LogP contribution in [0.2, 0.25) is 0 Å². The molecular formula is C92H120B3LiO18P4S2. The van der Waals surface area contributed by atoms with Crippen molar-refractivity contribution in [2.45, 2.75) is 206 Å². The number of carbonyl (C=O) groups excluding carboxylic acids is 3. The molecule has 7 aromatic rings. The van der Waals surface area contributed by atoms with E-state index in [9.17, 15) is 31.2 Å². The van der Waals surface area contributed by atoms with Crippen molar-refractivity contribution >= 4 is 115 Å². The first-order chi connectivity index (χ1) is 56.6. The summed E-state index contributed by atoms with van der Waals surface area (Å²) in [7, 11) is 19.4. The predicted octanol–water partition coefficient (Wildman–Crippen LogP) is 13.0. The van der Waals surface area contributed by atoms with Crippen molar-refractivity contribution in [3.63, 3.8) is 0 Å². The SMILES string of the molecule is C1CCOC1.COc1c(C)cc(PC[C@@H]2[C@H]3CC(=O)O[C@H]3C[C@@H]2Pc2cc(C)c(OC)c(C)c2)cc1C.Cc1ccc(S(=O)(=O)OC[C@@H]2[C@H]3CC(=O)O[C@H]3C[C@H]2OS(=O)(=O)c2ccc(C)cc2)cc1.[B]Cc1cc(C)c(OC)c(C)c1.[B]P(C[C@@H]1[C@H]2CC(=O)O[C@H]2C[C@@H]1P([B])c1cc(C)c(OC)c(C)c1)c1cc(C)c(OC)c(C)c1.[CH2-]CCC.[Li+]. The van der Waals surface area contributed by atoms with E-state index < -0.39 is 59.9 Å². The molecule has 120 heavy (non-hydrogen) atoms. The second-order valence-corrected chi connectivity index (χ2v) is 42.2. The average Bonchev–Trinajstić information content (AvgIpc) is 1.63. The van der Waals surface area contributed by atoms with Gasteiger partial charge in [-0.1, -0.05) is 89.9 Å². The van der Waals surface area contributed by atoms with E-state index in [-0.39, 0.29) is 95.7 Å². The summed E-state index contributed by atoms with van der Waals surface area (Å²) in [4.78, 5) is 35.9. The van der Waals surface area contributed by atoms with Crippen molar-refractivity contribution in [2.24, 2.45) is 35.5 Å². The number of benzene rings is 7. The Hall–Kier alpha value is -5.76. The van der Waals surface area contributed by atoms with Gasteiger partial charge in [-0.25, -0.2) is 0 Å². The van der Waals surface area contributed by atoms with E-state index >= 15 is 0 Å². The van der Waals surface area contributed by atoms with Crippen molar-refractivity contribution in [3.05, 3.63) is 188 Å². The van der Waals surface area contributed by atoms with Crippen LogP contribution >= 0.6 is 32.8 Å². The van der Waals surface area contributed by atoms with Crippen molar-refractivity contribution in [2.75, 3.05) is 67.7 Å². The number of esters is 3. The van der Waals surface area contributed by atoms with E-state index in [0.717, 1.165) is 146 Å². The minimum atomic E-state index is -4.09. The summed E-state index contributed by atoms with van der Waals surface area (Å²) in [6.45, 7) is 31.9. The molecule has 3 saturated carbocycles. The summed E-state index contributed by atoms with van der Waals surface area (Å²) >= 11 is 0. The summed E-state index contributed by atoms with van der Waals surface area (Å²) in [5.74, 6) is 4.58. The summed E-state index contributed by atoms with van der Waals surface area (Å²) in [5.41, 5.74) is 15.3. The number of carbonyl (C=O) groups is 3. The maximum absolute atomic E-state index is 12.8. The fraction of sp³-hybridized carbons (Fsp3) is 0.500. The third-order valence-electron chi connectivity index (χ3n) is 23.4. The zero-order chi connectivity index (χ0) is 86.9. The molecule has 0 spiro atoms. The Balaban J connectivity index is 0.000000198. The molecule has 0 N–H and O–H groups in total. The third kappa shape index (κ3) is 25.8. The van der Waals surface area contributed by atoms with Crippen LogP contribution in [0.4, 0.5) is 0 Å². The smallest absolute Gasteiger partial charge is 0.496 e. The average molecular weight is 1740 g/mol. The standard InChI is InChI=1S/C26H32B2O4P2.C26H34O4P2.C22H24O8S2.C10H13BO.C4H8O.C4H9.Li/c1-14-7-18(8-15(2)25(14)30-5)33(27)13-21-20-11-24(29)32-22(20)12-23(21)34(28)19-9-16(3)26(31-6)17(4)10-19;1-14-7-18(8-15(2)25(14)28-5)31-13-21-20-11-24(27)30-22(20)12-23(21)32-19-9-16(3)26(29-6)17(4)10-19;1-14-3-7-16(8-4-14)31(24,25)28-13-19-18-11-22(23)29-20(18)12-21(19)30-32(26,27)17-9-5-15(2)6-10-17;1-7-4-9(6-11)5-8(2)10(7)12-3;1-2-4-5-3-1;1-3-4-2;/h7-10,20-23H,11-13H2,1-6H3;7-10,20-23,31-32H,11-13H2,1-6H3;3-10,18-21H,11-13H2,1-2H3;4-5H,6H2,1-3H3;1-4H2;1,3-4H2,2H3;/q;;;;;-1;+1/t20-,21-,22+,23+,33?,34?;20-,21-,22+,23+;18-,19-,20+,21-;;;;/m111..../s1. The molecule has 18 nitrogen and oxygen atoms in total. The molecule has 3 aliphatic carbocycles. The zero-order valence-electron chi connectivity index (χ0n) is 73.6. The van der Waals surface area contributed by atoms with Crippen molar-refractivity contribution in [1.82, 2.24) is 0 Å². The van der Waals surface area contributed by atoms with Crippen LogP contribution in [0.1, 0.15) is 143 Å². The number of fused-ring (bicyclic) bond motifs is 3. The summed E-state index contributed by atoms with van der Waals surface area (Å²) < 4.78 is 111. The number of hydrogen-bond acceptors (Lipinski definition) is 18. The molecule has 7 fully saturated rings. The molecule has 638 valence electrons. The van der Waals surface area contributed by atoms with Crippen LogP contribution in [0, 0.1) is 126 Å². The molecule has 0 amide bonds. The Morgan fingerprint density at radius 3 is 1.27 bits per heavy atom. The Bertz CT molecular complexity index is 4740. The van der Waals surface area contributed by atoms with Gasteiger partial charge in [-0.2, -0.15) is 23.3 Å². The van der Waals surface area contributed by atoms with Gasteiger partial charge in [0, 0.05) is 43.3 Å². The van der Waals surface area contributed by atoms with E-state index in [2.05, 4.69) is 130 Å². The summed E-state index contributed by atoms with van der Waals surface area (Å²) in [6.07, 6.45) is 9.12. The topological polar surface area (TPSA) is 221 Å². The molecule has 4 heterocycles. The molecular weight excluding hydrogens is 1620 g/mol. The number of rotatable bonds is 24. The molecule has 7 aromatic carbocycles. The number of methoxy groups -OCH3 is 5. The number of aryl methyl sites for hydroxylation is 12. The molecule has 0 bridgehead atoms. The molecule has 7 aliphatic rings. The fourth-order valence-corrected chi connectivity index (χ4v) is 28.0. The molecule has 14 rings (SSSR count). The molecule has 4 saturated heterocycles. The minimum absolute atomic E-state index is 0. The van der Waals surface area contributed by atoms with Crippen LogP contribution in [0.5, 0.6) is 28.7 Å². The van der Waals surface area contributed by atoms with Crippen LogP contribution in [-0.4, -0.2) is 161 Å². The van der Waals surface area contributed by atoms with Gasteiger partial charge in [-0.3, -0.25) is 22.7 Å². The predicted molar refractivity (Wildman–Crippen MR) is 486 cm³/mol. The molecule has 16 atom stereocenters. The summed E-state index contributed by atoms with van der Waals surface area (Å²) in [5, 5.41) is 5.11. The van der Waals surface area contributed by atoms with Crippen LogP contribution in [-0.2, 0) is 68.3 Å². The van der Waals surface area contributed by atoms with Gasteiger partial charge in [0.15, 0.2) is 0 Å². The third-order valence-corrected chi connectivity index (χ3v) is 33.0. The van der Waals surface area contributed by atoms with E-state index in [4.69, 9.17) is 74.0 Å². The van der Waals surface area contributed by atoms with Crippen LogP contribution in [0.3, 0.4) is 0 Å². The van der Waals surface area contributed by atoms with Gasteiger partial charge < -0.3 is 49.6 Å². The van der Waals surface area contributed by atoms with Gasteiger partial charge in [-0.15, -0.1) is 15.6 Å². The van der Waals surface area contributed by atoms with E-state index in [1.165, 1.54) is 81.7 Å². The molecule has 0 aromatic heterocycles. The number of ether oxygens (including phenoxy) is 9. The molecule has 4 aliphatic heterocycles. The Morgan fingerprint density at radius 1 is 0.492 bits per heavy atom. The van der Waals surface area contributed by atoms with Crippen LogP contribution < -0.4 is 63.8 Å². The maximum atomic E-state index is 12.8. The first-order valence-electron chi connectivity index (χ1n) is 41.0. The second-order valence-electron chi connectivity index (χ2n) is 32.3. The number of unbranched alkanes of at least 4 members (excludes halogenated alkanes) is 1. The van der Waals surface area contributed by atoms with Crippen molar-refractivity contribution in [1.29, 1.82) is 0 Å². The molecule has 4 unspecified atom stereocenters. The first-order valence-corrected chi connectivity index (χ1v) is 49.2. The molecule has 28 heteroatoms. The normalized spacial score (nSPS) is 23.0. The Labute approximate surface area is 737 Å². The zero-order valence-corrected chi connectivity index (χ0v) is 79.1. The number of hydrogen-bond donors (Lipinski definition) is 0. The van der Waals surface area contributed by atoms with E-state index in [1.54, 1.807) is 59.8 Å². The second kappa shape index (κ2) is 45.9. The van der Waals surface area contributed by atoms with Gasteiger partial charge in [-0.05, 0) is 294 Å². The van der Waals surface area contributed by atoms with Crippen molar-refractivity contribution in [3.8, 4) is 28.7 Å². The molecule has 6 radical (unpaired) electrons. The van der Waals surface area contributed by atoms with Crippen LogP contribution in [0.25, 0.3) is 0 Å². The van der Waals surface area contributed by atoms with E-state index in [0.29, 0.717) is 36.7 Å². The van der Waals surface area contributed by atoms with Gasteiger partial charge in [0.2, 0.25) is 0 Å². The first kappa shape index (κ1) is 99.7. The maximum Gasteiger partial charge on any atom is 1.00 e. The van der Waals surface area contributed by atoms with Gasteiger partial charge >= 0.3 is 36.8 Å². The van der Waals surface area contributed by atoms with Crippen LogP contribution in [0.15, 0.2) is 119 Å². The Kier molecular flexibility index (Phi) is 38.1. The van der Waals surface area contributed by atoms with Crippen molar-refractivity contribution < 1.29 is 101 Å².